The molecule has 0 aliphatic rings. The zero-order valence-corrected chi connectivity index (χ0v) is 12.9. The minimum atomic E-state index is -0.451. The van der Waals surface area contributed by atoms with E-state index in [0.29, 0.717) is 22.4 Å². The molecule has 2 aromatic rings. The maximum absolute atomic E-state index is 10.8. The van der Waals surface area contributed by atoms with Gasteiger partial charge in [0, 0.05) is 12.1 Å². The van der Waals surface area contributed by atoms with Gasteiger partial charge in [-0.1, -0.05) is 12.1 Å². The minimum Gasteiger partial charge on any atom is -0.508 e. The molecule has 6 nitrogen and oxygen atoms in total. The summed E-state index contributed by atoms with van der Waals surface area (Å²) in [7, 11) is 0. The summed E-state index contributed by atoms with van der Waals surface area (Å²) in [6.07, 6.45) is 2.01. The number of pyridine rings is 1. The number of aromatic hydroxyl groups is 1. The third-order valence-electron chi connectivity index (χ3n) is 3.08. The van der Waals surface area contributed by atoms with Gasteiger partial charge in [-0.15, -0.1) is 0 Å². The van der Waals surface area contributed by atoms with Crippen LogP contribution in [0.25, 0.3) is 0 Å². The molecule has 1 heterocycles. The van der Waals surface area contributed by atoms with Crippen LogP contribution in [0, 0.1) is 17.0 Å². The van der Waals surface area contributed by atoms with E-state index >= 15 is 0 Å². The van der Waals surface area contributed by atoms with Gasteiger partial charge in [-0.2, -0.15) is 0 Å². The lowest BCUT2D eigenvalue weighted by Gasteiger charge is -2.09. The van der Waals surface area contributed by atoms with E-state index < -0.39 is 4.92 Å². The zero-order valence-electron chi connectivity index (χ0n) is 11.3. The highest BCUT2D eigenvalue weighted by atomic mass is 79.9. The number of aromatic nitrogens is 1. The first-order valence-electron chi connectivity index (χ1n) is 6.30. The summed E-state index contributed by atoms with van der Waals surface area (Å²) < 4.78 is 0.599. The maximum Gasteiger partial charge on any atom is 0.291 e. The van der Waals surface area contributed by atoms with Crippen molar-refractivity contribution in [3.05, 3.63) is 56.2 Å². The van der Waals surface area contributed by atoms with Crippen molar-refractivity contribution in [2.75, 3.05) is 11.9 Å². The molecule has 21 heavy (non-hydrogen) atoms. The van der Waals surface area contributed by atoms with E-state index in [0.717, 1.165) is 12.0 Å². The fourth-order valence-corrected chi connectivity index (χ4v) is 2.31. The summed E-state index contributed by atoms with van der Waals surface area (Å²) in [6.45, 7) is 2.31. The van der Waals surface area contributed by atoms with Crippen LogP contribution in [0.2, 0.25) is 0 Å². The highest BCUT2D eigenvalue weighted by Crippen LogP contribution is 2.30. The van der Waals surface area contributed by atoms with Crippen LogP contribution in [0.1, 0.15) is 11.1 Å². The quantitative estimate of drug-likeness (QED) is 0.636. The van der Waals surface area contributed by atoms with Gasteiger partial charge in [0.25, 0.3) is 5.69 Å². The third kappa shape index (κ3) is 3.69. The first kappa shape index (κ1) is 15.2. The second-order valence-electron chi connectivity index (χ2n) is 4.53. The van der Waals surface area contributed by atoms with Gasteiger partial charge in [0.2, 0.25) is 0 Å². The second-order valence-corrected chi connectivity index (χ2v) is 5.32. The smallest absolute Gasteiger partial charge is 0.291 e. The fourth-order valence-electron chi connectivity index (χ4n) is 1.86. The number of hydrogen-bond acceptors (Lipinski definition) is 5. The van der Waals surface area contributed by atoms with Crippen LogP contribution in [0.5, 0.6) is 5.75 Å². The van der Waals surface area contributed by atoms with Gasteiger partial charge in [0.1, 0.15) is 17.8 Å². The molecule has 0 amide bonds. The molecule has 0 unspecified atom stereocenters. The second kappa shape index (κ2) is 6.53. The molecule has 1 aromatic carbocycles. The van der Waals surface area contributed by atoms with Crippen LogP contribution < -0.4 is 5.32 Å². The Bertz CT molecular complexity index is 659. The van der Waals surface area contributed by atoms with Gasteiger partial charge in [-0.3, -0.25) is 10.1 Å². The molecule has 0 fully saturated rings. The van der Waals surface area contributed by atoms with E-state index in [2.05, 4.69) is 26.2 Å². The molecule has 0 saturated carbocycles. The van der Waals surface area contributed by atoms with E-state index in [9.17, 15) is 15.2 Å². The van der Waals surface area contributed by atoms with Crippen molar-refractivity contribution in [2.45, 2.75) is 13.3 Å². The molecule has 0 spiro atoms. The van der Waals surface area contributed by atoms with Crippen LogP contribution in [0.4, 0.5) is 11.5 Å². The highest BCUT2D eigenvalue weighted by molar-refractivity contribution is 9.10. The molecule has 2 rings (SSSR count). The number of nitrogens with zero attached hydrogens (tertiary/aromatic N) is 2. The number of benzene rings is 1. The summed E-state index contributed by atoms with van der Waals surface area (Å²) in [5, 5.41) is 23.2. The van der Waals surface area contributed by atoms with E-state index in [-0.39, 0.29) is 11.4 Å². The molecule has 0 radical (unpaired) electrons. The average Bonchev–Trinajstić information content (AvgIpc) is 2.45. The molecule has 2 N–H and O–H groups in total. The first-order chi connectivity index (χ1) is 9.99. The largest absolute Gasteiger partial charge is 0.508 e. The lowest BCUT2D eigenvalue weighted by Crippen LogP contribution is -2.08. The Morgan fingerprint density at radius 1 is 1.38 bits per heavy atom. The lowest BCUT2D eigenvalue weighted by molar-refractivity contribution is -0.385. The van der Waals surface area contributed by atoms with Crippen LogP contribution >= 0.6 is 15.9 Å². The van der Waals surface area contributed by atoms with Crippen LogP contribution in [0.15, 0.2) is 34.9 Å². The standard InChI is InChI=1S/C14H14BrN3O3/c1-9-12(18(20)21)8-17-14(13(9)15)16-7-6-10-2-4-11(19)5-3-10/h2-5,8,19H,6-7H2,1H3,(H,16,17). The molecule has 0 aliphatic heterocycles. The van der Waals surface area contributed by atoms with Crippen LogP contribution in [-0.2, 0) is 6.42 Å². The number of phenolic OH excluding ortho intramolecular Hbond substituents is 1. The molecule has 0 aliphatic carbocycles. The Balaban J connectivity index is 2.02. The Morgan fingerprint density at radius 3 is 2.67 bits per heavy atom. The summed E-state index contributed by atoms with van der Waals surface area (Å²) in [5.74, 6) is 0.819. The summed E-state index contributed by atoms with van der Waals surface area (Å²) in [6, 6.07) is 6.97. The number of rotatable bonds is 5. The van der Waals surface area contributed by atoms with E-state index in [1.807, 2.05) is 12.1 Å². The monoisotopic (exact) mass is 351 g/mol. The predicted molar refractivity (Wildman–Crippen MR) is 83.6 cm³/mol. The normalized spacial score (nSPS) is 10.4. The average molecular weight is 352 g/mol. The molecular weight excluding hydrogens is 338 g/mol. The van der Waals surface area contributed by atoms with Gasteiger partial charge in [-0.25, -0.2) is 4.98 Å². The minimum absolute atomic E-state index is 0.00837. The van der Waals surface area contributed by atoms with Crippen molar-refractivity contribution in [3.8, 4) is 5.75 Å². The van der Waals surface area contributed by atoms with Gasteiger partial charge in [0.05, 0.1) is 9.40 Å². The van der Waals surface area contributed by atoms with Crippen molar-refractivity contribution in [1.82, 2.24) is 4.98 Å². The third-order valence-corrected chi connectivity index (χ3v) is 4.05. The van der Waals surface area contributed by atoms with Crippen LogP contribution in [0.3, 0.4) is 0 Å². The number of nitrogens with one attached hydrogen (secondary N) is 1. The number of anilines is 1. The SMILES string of the molecule is Cc1c([N+](=O)[O-])cnc(NCCc2ccc(O)cc2)c1Br. The number of halogens is 1. The van der Waals surface area contributed by atoms with Crippen LogP contribution in [-0.4, -0.2) is 21.6 Å². The molecule has 1 aromatic heterocycles. The molecule has 0 atom stereocenters. The van der Waals surface area contributed by atoms with Crippen molar-refractivity contribution in [1.29, 1.82) is 0 Å². The Labute approximate surface area is 130 Å². The molecule has 0 bridgehead atoms. The van der Waals surface area contributed by atoms with E-state index in [4.69, 9.17) is 0 Å². The van der Waals surface area contributed by atoms with Crippen molar-refractivity contribution in [2.24, 2.45) is 0 Å². The molecule has 0 saturated heterocycles. The van der Waals surface area contributed by atoms with Crippen molar-refractivity contribution >= 4 is 27.4 Å². The van der Waals surface area contributed by atoms with Gasteiger partial charge >= 0.3 is 0 Å². The Kier molecular flexibility index (Phi) is 4.74. The summed E-state index contributed by atoms with van der Waals surface area (Å²) >= 11 is 3.33. The van der Waals surface area contributed by atoms with E-state index in [1.165, 1.54) is 6.20 Å². The fraction of sp³-hybridized carbons (Fsp3) is 0.214. The molecule has 7 heteroatoms. The Morgan fingerprint density at radius 2 is 2.05 bits per heavy atom. The molecular formula is C14H14BrN3O3. The van der Waals surface area contributed by atoms with E-state index in [1.54, 1.807) is 19.1 Å². The van der Waals surface area contributed by atoms with Crippen molar-refractivity contribution < 1.29 is 10.0 Å². The first-order valence-corrected chi connectivity index (χ1v) is 7.09. The number of nitro groups is 1. The van der Waals surface area contributed by atoms with Crippen molar-refractivity contribution in [3.63, 3.8) is 0 Å². The summed E-state index contributed by atoms with van der Waals surface area (Å²) in [5.41, 5.74) is 1.61. The summed E-state index contributed by atoms with van der Waals surface area (Å²) in [4.78, 5) is 14.4. The predicted octanol–water partition coefficient (Wildman–Crippen LogP) is 3.42. The van der Waals surface area contributed by atoms with Gasteiger partial charge in [0.15, 0.2) is 0 Å². The maximum atomic E-state index is 10.8. The molecule has 110 valence electrons. The number of hydrogen-bond donors (Lipinski definition) is 2. The number of phenols is 1. The zero-order chi connectivity index (χ0) is 15.4. The van der Waals surface area contributed by atoms with Gasteiger partial charge in [-0.05, 0) is 47.0 Å². The lowest BCUT2D eigenvalue weighted by atomic mass is 10.1. The topological polar surface area (TPSA) is 88.3 Å². The Hall–Kier alpha value is -2.15. The highest BCUT2D eigenvalue weighted by Gasteiger charge is 2.16. The van der Waals surface area contributed by atoms with Gasteiger partial charge < -0.3 is 10.4 Å².